The quantitative estimate of drug-likeness (QED) is 0.142. The van der Waals surface area contributed by atoms with E-state index in [0.717, 1.165) is 92.8 Å². The number of H-pyrrole nitrogens is 2. The van der Waals surface area contributed by atoms with Crippen LogP contribution < -0.4 is 10.6 Å². The number of aromatic nitrogens is 4. The Morgan fingerprint density at radius 3 is 1.70 bits per heavy atom. The normalized spacial score (nSPS) is 23.2. The SMILES string of the molecule is CC[C@H](C)[C@H](NC(=O)OC)C(=O)N1CCC[C@H]1c1ncc(-c2ccc(C3CCC(c4cnc([C@@H]5CCCN5C(=O)[C@@H](NC(=O)OC)[C@@H](C)CC)[nH]4)CC3)cc2)[nH]1. The molecule has 0 bridgehead atoms. The summed E-state index contributed by atoms with van der Waals surface area (Å²) >= 11 is 0. The number of hydrogen-bond donors (Lipinski definition) is 4. The van der Waals surface area contributed by atoms with Crippen molar-refractivity contribution < 1.29 is 28.7 Å². The van der Waals surface area contributed by atoms with Crippen molar-refractivity contribution in [1.82, 2.24) is 40.4 Å². The van der Waals surface area contributed by atoms with E-state index in [4.69, 9.17) is 19.4 Å². The van der Waals surface area contributed by atoms with E-state index in [2.05, 4.69) is 44.9 Å². The first-order valence-electron chi connectivity index (χ1n) is 20.6. The van der Waals surface area contributed by atoms with Crippen molar-refractivity contribution in [3.8, 4) is 11.3 Å². The summed E-state index contributed by atoms with van der Waals surface area (Å²) in [6.45, 7) is 9.22. The number of methoxy groups -OCH3 is 2. The number of carbonyl (C=O) groups is 4. The third-order valence-corrected chi connectivity index (χ3v) is 12.6. The molecule has 1 aromatic carbocycles. The van der Waals surface area contributed by atoms with Gasteiger partial charge in [0.25, 0.3) is 0 Å². The molecule has 304 valence electrons. The molecule has 1 saturated carbocycles. The lowest BCUT2D eigenvalue weighted by atomic mass is 9.77. The lowest BCUT2D eigenvalue weighted by Crippen LogP contribution is -2.51. The molecule has 0 radical (unpaired) electrons. The predicted octanol–water partition coefficient (Wildman–Crippen LogP) is 7.11. The number of likely N-dealkylation sites (tertiary alicyclic amines) is 2. The minimum Gasteiger partial charge on any atom is -0.453 e. The fraction of sp³-hybridized carbons (Fsp3) is 0.619. The van der Waals surface area contributed by atoms with E-state index in [0.29, 0.717) is 24.9 Å². The fourth-order valence-electron chi connectivity index (χ4n) is 8.78. The highest BCUT2D eigenvalue weighted by Gasteiger charge is 2.40. The van der Waals surface area contributed by atoms with Crippen LogP contribution in [0.2, 0.25) is 0 Å². The molecule has 2 saturated heterocycles. The average molecular weight is 773 g/mol. The summed E-state index contributed by atoms with van der Waals surface area (Å²) in [4.78, 5) is 71.9. The van der Waals surface area contributed by atoms with Crippen LogP contribution in [-0.4, -0.2) is 93.1 Å². The molecular weight excluding hydrogens is 713 g/mol. The van der Waals surface area contributed by atoms with E-state index >= 15 is 0 Å². The van der Waals surface area contributed by atoms with Gasteiger partial charge >= 0.3 is 12.2 Å². The third kappa shape index (κ3) is 8.89. The van der Waals surface area contributed by atoms with Gasteiger partial charge in [0.15, 0.2) is 0 Å². The zero-order valence-corrected chi connectivity index (χ0v) is 33.8. The van der Waals surface area contributed by atoms with Crippen molar-refractivity contribution in [1.29, 1.82) is 0 Å². The lowest BCUT2D eigenvalue weighted by Gasteiger charge is -2.31. The molecule has 3 aromatic rings. The maximum Gasteiger partial charge on any atom is 0.407 e. The maximum absolute atomic E-state index is 13.7. The van der Waals surface area contributed by atoms with Gasteiger partial charge in [-0.3, -0.25) is 9.59 Å². The highest BCUT2D eigenvalue weighted by atomic mass is 16.5. The second-order valence-corrected chi connectivity index (χ2v) is 16.0. The van der Waals surface area contributed by atoms with Gasteiger partial charge in [0.1, 0.15) is 23.7 Å². The van der Waals surface area contributed by atoms with Gasteiger partial charge < -0.3 is 39.9 Å². The molecule has 0 spiro atoms. The summed E-state index contributed by atoms with van der Waals surface area (Å²) < 4.78 is 9.62. The summed E-state index contributed by atoms with van der Waals surface area (Å²) in [6.07, 6.45) is 11.7. The van der Waals surface area contributed by atoms with Crippen LogP contribution in [0.4, 0.5) is 9.59 Å². The number of carbonyl (C=O) groups excluding carboxylic acids is 4. The van der Waals surface area contributed by atoms with Gasteiger partial charge in [-0.2, -0.15) is 0 Å². The highest BCUT2D eigenvalue weighted by molar-refractivity contribution is 5.87. The summed E-state index contributed by atoms with van der Waals surface area (Å²) in [5, 5.41) is 5.53. The van der Waals surface area contributed by atoms with Crippen molar-refractivity contribution >= 4 is 24.0 Å². The van der Waals surface area contributed by atoms with Crippen LogP contribution in [0.3, 0.4) is 0 Å². The van der Waals surface area contributed by atoms with Crippen LogP contribution in [0.25, 0.3) is 11.3 Å². The number of ether oxygens (including phenoxy) is 2. The zero-order valence-electron chi connectivity index (χ0n) is 33.8. The minimum absolute atomic E-state index is 0.0287. The number of rotatable bonds is 13. The number of amides is 4. The van der Waals surface area contributed by atoms with E-state index in [9.17, 15) is 19.2 Å². The molecule has 2 aliphatic heterocycles. The van der Waals surface area contributed by atoms with Crippen molar-refractivity contribution in [3.05, 3.63) is 59.6 Å². The van der Waals surface area contributed by atoms with Crippen molar-refractivity contribution in [2.75, 3.05) is 27.3 Å². The van der Waals surface area contributed by atoms with Gasteiger partial charge in [-0.1, -0.05) is 64.8 Å². The number of nitrogens with zero attached hydrogens (tertiary/aromatic N) is 4. The van der Waals surface area contributed by atoms with Crippen LogP contribution in [0, 0.1) is 11.8 Å². The van der Waals surface area contributed by atoms with E-state index in [1.807, 2.05) is 49.9 Å². The first kappa shape index (κ1) is 40.8. The van der Waals surface area contributed by atoms with Gasteiger partial charge in [0, 0.05) is 30.9 Å². The predicted molar refractivity (Wildman–Crippen MR) is 212 cm³/mol. The van der Waals surface area contributed by atoms with Gasteiger partial charge in [-0.15, -0.1) is 0 Å². The van der Waals surface area contributed by atoms with Gasteiger partial charge in [-0.25, -0.2) is 19.6 Å². The molecule has 14 heteroatoms. The first-order chi connectivity index (χ1) is 27.1. The van der Waals surface area contributed by atoms with Crippen LogP contribution >= 0.6 is 0 Å². The summed E-state index contributed by atoms with van der Waals surface area (Å²) in [6, 6.07) is 7.13. The van der Waals surface area contributed by atoms with E-state index in [1.165, 1.54) is 19.8 Å². The Morgan fingerprint density at radius 2 is 1.20 bits per heavy atom. The Kier molecular flexibility index (Phi) is 13.4. The second kappa shape index (κ2) is 18.4. The standard InChI is InChI=1S/C42H60N8O6/c1-7-25(3)35(47-41(53)55-5)39(51)49-21-9-11-33(49)37-43-23-31(45-37)29-17-13-27(14-18-29)28-15-19-30(20-16-28)32-24-44-38(46-32)34-12-10-22-50(34)40(52)36(26(4)8-2)48-42(54)56-6/h13-14,17-18,23-26,28,30,33-36H,7-12,15-16,19-22H2,1-6H3,(H,43,45)(H,44,46)(H,47,53)(H,48,54)/t25-,26-,28?,30?,33-,34-,35-,36-/m0/s1. The number of hydrogen-bond acceptors (Lipinski definition) is 8. The third-order valence-electron chi connectivity index (χ3n) is 12.6. The number of aromatic amines is 2. The molecule has 1 aliphatic carbocycles. The minimum atomic E-state index is -0.658. The Hall–Kier alpha value is -4.88. The smallest absolute Gasteiger partial charge is 0.407 e. The van der Waals surface area contributed by atoms with Crippen LogP contribution in [0.5, 0.6) is 0 Å². The van der Waals surface area contributed by atoms with Crippen LogP contribution in [0.15, 0.2) is 36.7 Å². The van der Waals surface area contributed by atoms with Gasteiger partial charge in [0.05, 0.1) is 38.2 Å². The van der Waals surface area contributed by atoms with E-state index < -0.39 is 24.3 Å². The highest BCUT2D eigenvalue weighted by Crippen LogP contribution is 2.41. The Labute approximate surface area is 330 Å². The van der Waals surface area contributed by atoms with Crippen molar-refractivity contribution in [2.24, 2.45) is 11.8 Å². The second-order valence-electron chi connectivity index (χ2n) is 16.0. The topological polar surface area (TPSA) is 175 Å². The summed E-state index contributed by atoms with van der Waals surface area (Å²) in [5.41, 5.74) is 4.42. The number of nitrogens with one attached hydrogen (secondary N) is 4. The zero-order chi connectivity index (χ0) is 39.9. The summed E-state index contributed by atoms with van der Waals surface area (Å²) in [7, 11) is 2.62. The molecule has 6 atom stereocenters. The number of imidazole rings is 2. The molecule has 4 N–H and O–H groups in total. The van der Waals surface area contributed by atoms with E-state index in [1.54, 1.807) is 0 Å². The Morgan fingerprint density at radius 1 is 0.714 bits per heavy atom. The molecule has 56 heavy (non-hydrogen) atoms. The van der Waals surface area contributed by atoms with Crippen LogP contribution in [-0.2, 0) is 19.1 Å². The monoisotopic (exact) mass is 772 g/mol. The number of alkyl carbamates (subject to hydrolysis) is 2. The van der Waals surface area contributed by atoms with Crippen LogP contribution in [0.1, 0.15) is 139 Å². The molecule has 4 amide bonds. The Bertz CT molecular complexity index is 1800. The molecule has 14 nitrogen and oxygen atoms in total. The van der Waals surface area contributed by atoms with E-state index in [-0.39, 0.29) is 35.7 Å². The molecular formula is C42H60N8O6. The lowest BCUT2D eigenvalue weighted by molar-refractivity contribution is -0.136. The molecule has 2 aromatic heterocycles. The van der Waals surface area contributed by atoms with Crippen molar-refractivity contribution in [3.63, 3.8) is 0 Å². The average Bonchev–Trinajstić information content (AvgIpc) is 4.08. The Balaban J connectivity index is 1.05. The largest absolute Gasteiger partial charge is 0.453 e. The number of benzene rings is 1. The first-order valence-corrected chi connectivity index (χ1v) is 20.6. The molecule has 3 aliphatic rings. The molecule has 3 fully saturated rings. The van der Waals surface area contributed by atoms with Crippen molar-refractivity contribution in [2.45, 2.75) is 128 Å². The molecule has 6 rings (SSSR count). The maximum atomic E-state index is 13.7. The summed E-state index contributed by atoms with van der Waals surface area (Å²) in [5.74, 6) is 2.18. The fourth-order valence-corrected chi connectivity index (χ4v) is 8.78. The molecule has 0 unspecified atom stereocenters. The van der Waals surface area contributed by atoms with Gasteiger partial charge in [-0.05, 0) is 80.2 Å². The van der Waals surface area contributed by atoms with Gasteiger partial charge in [0.2, 0.25) is 11.8 Å². The molecule has 4 heterocycles.